The molecule has 1 aromatic rings. The molecular formula is C13H17NO. The van der Waals surface area contributed by atoms with Crippen LogP contribution in [0.3, 0.4) is 0 Å². The summed E-state index contributed by atoms with van der Waals surface area (Å²) in [5, 5.41) is 0. The van der Waals surface area contributed by atoms with E-state index in [0.717, 1.165) is 19.6 Å². The van der Waals surface area contributed by atoms with Crippen molar-refractivity contribution in [2.75, 3.05) is 18.1 Å². The highest BCUT2D eigenvalue weighted by Gasteiger charge is 2.50. The Morgan fingerprint density at radius 3 is 2.60 bits per heavy atom. The van der Waals surface area contributed by atoms with Crippen LogP contribution in [0.1, 0.15) is 19.4 Å². The van der Waals surface area contributed by atoms with Crippen molar-refractivity contribution in [2.24, 2.45) is 0 Å². The van der Waals surface area contributed by atoms with Crippen molar-refractivity contribution in [3.8, 4) is 0 Å². The van der Waals surface area contributed by atoms with Crippen molar-refractivity contribution in [3.05, 3.63) is 29.8 Å². The monoisotopic (exact) mass is 203 g/mol. The van der Waals surface area contributed by atoms with Gasteiger partial charge in [-0.3, -0.25) is 0 Å². The van der Waals surface area contributed by atoms with E-state index in [1.54, 1.807) is 0 Å². The van der Waals surface area contributed by atoms with Crippen LogP contribution in [0, 0.1) is 0 Å². The Morgan fingerprint density at radius 2 is 2.00 bits per heavy atom. The lowest BCUT2D eigenvalue weighted by Crippen LogP contribution is -2.63. The maximum atomic E-state index is 5.43. The minimum atomic E-state index is 0.276. The number of anilines is 1. The van der Waals surface area contributed by atoms with E-state index < -0.39 is 0 Å². The van der Waals surface area contributed by atoms with E-state index in [1.807, 2.05) is 0 Å². The van der Waals surface area contributed by atoms with Gasteiger partial charge >= 0.3 is 0 Å². The third-order valence-corrected chi connectivity index (χ3v) is 3.54. The molecule has 0 aromatic heterocycles. The molecule has 1 fully saturated rings. The molecule has 0 aliphatic carbocycles. The molecule has 0 bridgehead atoms. The fourth-order valence-electron chi connectivity index (χ4n) is 3.00. The van der Waals surface area contributed by atoms with Gasteiger partial charge in [-0.1, -0.05) is 18.2 Å². The van der Waals surface area contributed by atoms with Crippen LogP contribution in [0.5, 0.6) is 0 Å². The zero-order chi connectivity index (χ0) is 10.5. The van der Waals surface area contributed by atoms with Gasteiger partial charge in [0.15, 0.2) is 0 Å². The zero-order valence-electron chi connectivity index (χ0n) is 9.36. The molecule has 80 valence electrons. The summed E-state index contributed by atoms with van der Waals surface area (Å²) in [4.78, 5) is 2.55. The first kappa shape index (κ1) is 9.22. The van der Waals surface area contributed by atoms with Crippen molar-refractivity contribution in [3.63, 3.8) is 0 Å². The van der Waals surface area contributed by atoms with Crippen LogP contribution in [-0.2, 0) is 11.2 Å². The SMILES string of the molecule is CC(C)N1c2ccccc2CC12COC2. The van der Waals surface area contributed by atoms with Crippen molar-refractivity contribution >= 4 is 5.69 Å². The van der Waals surface area contributed by atoms with Gasteiger partial charge in [0.05, 0.1) is 18.8 Å². The summed E-state index contributed by atoms with van der Waals surface area (Å²) in [5.41, 5.74) is 3.17. The third-order valence-electron chi connectivity index (χ3n) is 3.54. The fraction of sp³-hybridized carbons (Fsp3) is 0.538. The molecule has 3 rings (SSSR count). The summed E-state index contributed by atoms with van der Waals surface area (Å²) in [5.74, 6) is 0. The molecule has 15 heavy (non-hydrogen) atoms. The molecule has 2 heteroatoms. The molecule has 1 aromatic carbocycles. The third kappa shape index (κ3) is 1.14. The lowest BCUT2D eigenvalue weighted by Gasteiger charge is -2.48. The Hall–Kier alpha value is -1.02. The van der Waals surface area contributed by atoms with Gasteiger partial charge in [0.2, 0.25) is 0 Å². The highest BCUT2D eigenvalue weighted by Crippen LogP contribution is 2.43. The largest absolute Gasteiger partial charge is 0.376 e. The van der Waals surface area contributed by atoms with Crippen molar-refractivity contribution in [1.82, 2.24) is 0 Å². The second-order valence-electron chi connectivity index (χ2n) is 4.99. The predicted octanol–water partition coefficient (Wildman–Crippen LogP) is 2.23. The highest BCUT2D eigenvalue weighted by atomic mass is 16.5. The molecule has 2 aliphatic rings. The van der Waals surface area contributed by atoms with Gasteiger partial charge in [-0.2, -0.15) is 0 Å². The molecule has 0 atom stereocenters. The number of ether oxygens (including phenoxy) is 1. The standard InChI is InChI=1S/C13H17NO/c1-10(2)14-12-6-4-3-5-11(12)7-13(14)8-15-9-13/h3-6,10H,7-9H2,1-2H3. The average molecular weight is 203 g/mol. The van der Waals surface area contributed by atoms with E-state index in [4.69, 9.17) is 4.74 Å². The van der Waals surface area contributed by atoms with Crippen LogP contribution in [0.25, 0.3) is 0 Å². The molecule has 1 saturated heterocycles. The molecule has 2 aliphatic heterocycles. The maximum Gasteiger partial charge on any atom is 0.0911 e. The van der Waals surface area contributed by atoms with Gasteiger partial charge in [-0.15, -0.1) is 0 Å². The molecule has 0 unspecified atom stereocenters. The first-order valence-corrected chi connectivity index (χ1v) is 5.68. The molecule has 0 N–H and O–H groups in total. The first-order chi connectivity index (χ1) is 7.23. The summed E-state index contributed by atoms with van der Waals surface area (Å²) in [6.07, 6.45) is 1.15. The molecular weight excluding hydrogens is 186 g/mol. The van der Waals surface area contributed by atoms with Crippen LogP contribution < -0.4 is 4.90 Å². The predicted molar refractivity (Wildman–Crippen MR) is 61.3 cm³/mol. The number of rotatable bonds is 1. The van der Waals surface area contributed by atoms with Crippen LogP contribution in [0.4, 0.5) is 5.69 Å². The van der Waals surface area contributed by atoms with Gasteiger partial charge in [0.1, 0.15) is 0 Å². The minimum Gasteiger partial charge on any atom is -0.376 e. The lowest BCUT2D eigenvalue weighted by atomic mass is 9.91. The Labute approximate surface area is 90.8 Å². The van der Waals surface area contributed by atoms with Gasteiger partial charge in [0.25, 0.3) is 0 Å². The average Bonchev–Trinajstić information content (AvgIpc) is 2.51. The Bertz CT molecular complexity index is 382. The van der Waals surface area contributed by atoms with E-state index in [1.165, 1.54) is 11.3 Å². The van der Waals surface area contributed by atoms with E-state index in [9.17, 15) is 0 Å². The van der Waals surface area contributed by atoms with Crippen molar-refractivity contribution in [1.29, 1.82) is 0 Å². The van der Waals surface area contributed by atoms with Crippen LogP contribution in [0.15, 0.2) is 24.3 Å². The molecule has 2 nitrogen and oxygen atoms in total. The van der Waals surface area contributed by atoms with E-state index in [-0.39, 0.29) is 5.54 Å². The van der Waals surface area contributed by atoms with E-state index >= 15 is 0 Å². The Balaban J connectivity index is 2.06. The van der Waals surface area contributed by atoms with Gasteiger partial charge in [0, 0.05) is 18.2 Å². The van der Waals surface area contributed by atoms with Gasteiger partial charge in [-0.25, -0.2) is 0 Å². The molecule has 0 amide bonds. The Morgan fingerprint density at radius 1 is 1.27 bits per heavy atom. The topological polar surface area (TPSA) is 12.5 Å². The second kappa shape index (κ2) is 2.99. The maximum absolute atomic E-state index is 5.43. The van der Waals surface area contributed by atoms with Gasteiger partial charge in [-0.05, 0) is 25.5 Å². The Kier molecular flexibility index (Phi) is 1.84. The second-order valence-corrected chi connectivity index (χ2v) is 4.99. The number of nitrogens with zero attached hydrogens (tertiary/aromatic N) is 1. The molecule has 0 radical (unpaired) electrons. The molecule has 2 heterocycles. The normalized spacial score (nSPS) is 21.9. The van der Waals surface area contributed by atoms with Crippen LogP contribution >= 0.6 is 0 Å². The fourth-order valence-corrected chi connectivity index (χ4v) is 3.00. The van der Waals surface area contributed by atoms with Crippen molar-refractivity contribution < 1.29 is 4.74 Å². The zero-order valence-corrected chi connectivity index (χ0v) is 9.36. The number of benzene rings is 1. The number of hydrogen-bond donors (Lipinski definition) is 0. The van der Waals surface area contributed by atoms with Crippen molar-refractivity contribution in [2.45, 2.75) is 31.8 Å². The summed E-state index contributed by atoms with van der Waals surface area (Å²) < 4.78 is 5.43. The first-order valence-electron chi connectivity index (χ1n) is 5.68. The minimum absolute atomic E-state index is 0.276. The number of para-hydroxylation sites is 1. The van der Waals surface area contributed by atoms with Crippen LogP contribution in [-0.4, -0.2) is 24.8 Å². The lowest BCUT2D eigenvalue weighted by molar-refractivity contribution is -0.0554. The summed E-state index contributed by atoms with van der Waals surface area (Å²) in [6.45, 7) is 6.31. The summed E-state index contributed by atoms with van der Waals surface area (Å²) in [7, 11) is 0. The summed E-state index contributed by atoms with van der Waals surface area (Å²) in [6, 6.07) is 9.31. The van der Waals surface area contributed by atoms with Crippen LogP contribution in [0.2, 0.25) is 0 Å². The number of hydrogen-bond acceptors (Lipinski definition) is 2. The smallest absolute Gasteiger partial charge is 0.0911 e. The van der Waals surface area contributed by atoms with E-state index in [2.05, 4.69) is 43.0 Å². The van der Waals surface area contributed by atoms with Gasteiger partial charge < -0.3 is 9.64 Å². The summed E-state index contributed by atoms with van der Waals surface area (Å²) >= 11 is 0. The molecule has 1 spiro atoms. The number of fused-ring (bicyclic) bond motifs is 1. The quantitative estimate of drug-likeness (QED) is 0.694. The molecule has 0 saturated carbocycles. The highest BCUT2D eigenvalue weighted by molar-refractivity contribution is 5.63. The van der Waals surface area contributed by atoms with E-state index in [0.29, 0.717) is 6.04 Å².